The number of nitrogens with zero attached hydrogens (tertiary/aromatic N) is 1. The van der Waals surface area contributed by atoms with Crippen molar-refractivity contribution in [3.8, 4) is 0 Å². The van der Waals surface area contributed by atoms with E-state index in [1.807, 2.05) is 13.8 Å². The normalized spacial score (nSPS) is 12.3. The molecular formula is C14H23BrN2O3S. The Morgan fingerprint density at radius 1 is 1.52 bits per heavy atom. The van der Waals surface area contributed by atoms with Gasteiger partial charge in [0.2, 0.25) is 10.0 Å². The number of allylic oxidation sites excluding steroid dienone is 1. The number of rotatable bonds is 9. The Bertz CT molecular complexity index is 567. The van der Waals surface area contributed by atoms with Crippen LogP contribution in [0, 0.1) is 0 Å². The van der Waals surface area contributed by atoms with Crippen LogP contribution in [0.15, 0.2) is 32.7 Å². The second-order valence-corrected chi connectivity index (χ2v) is 7.88. The fourth-order valence-electron chi connectivity index (χ4n) is 1.71. The summed E-state index contributed by atoms with van der Waals surface area (Å²) in [7, 11) is -1.96. The van der Waals surface area contributed by atoms with Gasteiger partial charge in [-0.25, -0.2) is 12.7 Å². The molecule has 0 amide bonds. The summed E-state index contributed by atoms with van der Waals surface area (Å²) in [6.07, 6.45) is 3.32. The molecule has 0 spiro atoms. The van der Waals surface area contributed by atoms with Gasteiger partial charge in [0, 0.05) is 25.7 Å². The molecule has 0 bridgehead atoms. The lowest BCUT2D eigenvalue weighted by Crippen LogP contribution is -2.28. The topological polar surface area (TPSA) is 62.6 Å². The van der Waals surface area contributed by atoms with E-state index in [-0.39, 0.29) is 9.56 Å². The Morgan fingerprint density at radius 2 is 2.19 bits per heavy atom. The van der Waals surface area contributed by atoms with Crippen molar-refractivity contribution in [2.75, 3.05) is 13.6 Å². The lowest BCUT2D eigenvalue weighted by Gasteiger charge is -2.15. The van der Waals surface area contributed by atoms with E-state index < -0.39 is 10.0 Å². The molecule has 0 aliphatic heterocycles. The van der Waals surface area contributed by atoms with E-state index in [9.17, 15) is 8.42 Å². The first-order chi connectivity index (χ1) is 9.78. The third-order valence-electron chi connectivity index (χ3n) is 2.96. The average molecular weight is 379 g/mol. The Kier molecular flexibility index (Phi) is 7.12. The van der Waals surface area contributed by atoms with Gasteiger partial charge >= 0.3 is 0 Å². The Morgan fingerprint density at radius 3 is 2.76 bits per heavy atom. The quantitative estimate of drug-likeness (QED) is 0.529. The van der Waals surface area contributed by atoms with Crippen LogP contribution in [-0.2, 0) is 16.6 Å². The minimum absolute atomic E-state index is 0.171. The van der Waals surface area contributed by atoms with E-state index in [0.29, 0.717) is 24.9 Å². The predicted octanol–water partition coefficient (Wildman–Crippen LogP) is 3.13. The van der Waals surface area contributed by atoms with Crippen LogP contribution < -0.4 is 5.32 Å². The first-order valence-electron chi connectivity index (χ1n) is 6.88. The van der Waals surface area contributed by atoms with Crippen LogP contribution in [0.3, 0.4) is 0 Å². The smallest absolute Gasteiger partial charge is 0.247 e. The molecule has 0 saturated carbocycles. The first-order valence-corrected chi connectivity index (χ1v) is 9.11. The molecule has 0 aliphatic carbocycles. The van der Waals surface area contributed by atoms with Gasteiger partial charge in [-0.1, -0.05) is 19.9 Å². The van der Waals surface area contributed by atoms with Gasteiger partial charge in [0.05, 0.1) is 6.54 Å². The minimum Gasteiger partial charge on any atom is -0.452 e. The highest BCUT2D eigenvalue weighted by molar-refractivity contribution is 9.10. The van der Waals surface area contributed by atoms with E-state index in [0.717, 1.165) is 12.8 Å². The summed E-state index contributed by atoms with van der Waals surface area (Å²) in [6.45, 7) is 8.61. The summed E-state index contributed by atoms with van der Waals surface area (Å²) >= 11 is 3.19. The summed E-state index contributed by atoms with van der Waals surface area (Å²) in [4.78, 5) is 0.171. The standard InChI is InChI=1S/C14H23BrN2O3S/c1-5-6-7-8-17(4)21(18,19)13-9-12(20-14(13)15)10-16-11(2)3/h5,9,11,16H,1,6-8,10H2,2-4H3. The molecule has 1 N–H and O–H groups in total. The third-order valence-corrected chi connectivity index (χ3v) is 5.67. The number of unbranched alkanes of at least 4 members (excludes halogenated alkanes) is 1. The predicted molar refractivity (Wildman–Crippen MR) is 87.6 cm³/mol. The van der Waals surface area contributed by atoms with Crippen molar-refractivity contribution in [1.29, 1.82) is 0 Å². The zero-order valence-electron chi connectivity index (χ0n) is 12.7. The number of nitrogens with one attached hydrogen (secondary N) is 1. The van der Waals surface area contributed by atoms with Crippen molar-refractivity contribution >= 4 is 26.0 Å². The second-order valence-electron chi connectivity index (χ2n) is 5.14. The van der Waals surface area contributed by atoms with Crippen LogP contribution in [0.1, 0.15) is 32.4 Å². The third kappa shape index (κ3) is 5.25. The Hall–Kier alpha value is -0.630. The summed E-state index contributed by atoms with van der Waals surface area (Å²) in [5.74, 6) is 0.591. The molecule has 7 heteroatoms. The molecule has 0 atom stereocenters. The zero-order chi connectivity index (χ0) is 16.0. The van der Waals surface area contributed by atoms with Gasteiger partial charge in [-0.15, -0.1) is 6.58 Å². The number of hydrogen-bond donors (Lipinski definition) is 1. The van der Waals surface area contributed by atoms with Crippen LogP contribution in [0.25, 0.3) is 0 Å². The molecule has 0 fully saturated rings. The van der Waals surface area contributed by atoms with Crippen molar-refractivity contribution in [2.24, 2.45) is 0 Å². The number of halogens is 1. The molecular weight excluding hydrogens is 356 g/mol. The number of furan rings is 1. The summed E-state index contributed by atoms with van der Waals surface area (Å²) < 4.78 is 32.0. The molecule has 0 aliphatic rings. The van der Waals surface area contributed by atoms with Crippen molar-refractivity contribution < 1.29 is 12.8 Å². The lowest BCUT2D eigenvalue weighted by atomic mass is 10.3. The molecule has 0 aromatic carbocycles. The molecule has 0 unspecified atom stereocenters. The van der Waals surface area contributed by atoms with Crippen LogP contribution in [0.2, 0.25) is 0 Å². The summed E-state index contributed by atoms with van der Waals surface area (Å²) in [5.41, 5.74) is 0. The van der Waals surface area contributed by atoms with Crippen molar-refractivity contribution in [3.63, 3.8) is 0 Å². The van der Waals surface area contributed by atoms with E-state index in [2.05, 4.69) is 27.8 Å². The van der Waals surface area contributed by atoms with E-state index in [1.165, 1.54) is 4.31 Å². The monoisotopic (exact) mass is 378 g/mol. The average Bonchev–Trinajstić information content (AvgIpc) is 2.78. The van der Waals surface area contributed by atoms with Crippen LogP contribution in [-0.4, -0.2) is 32.4 Å². The van der Waals surface area contributed by atoms with Crippen LogP contribution in [0.4, 0.5) is 0 Å². The molecule has 1 aromatic rings. The Balaban J connectivity index is 2.85. The highest BCUT2D eigenvalue weighted by atomic mass is 79.9. The lowest BCUT2D eigenvalue weighted by molar-refractivity contribution is 0.441. The number of sulfonamides is 1. The van der Waals surface area contributed by atoms with E-state index >= 15 is 0 Å². The first kappa shape index (κ1) is 18.4. The van der Waals surface area contributed by atoms with E-state index in [1.54, 1.807) is 19.2 Å². The zero-order valence-corrected chi connectivity index (χ0v) is 15.1. The SMILES string of the molecule is C=CCCCN(C)S(=O)(=O)c1cc(CNC(C)C)oc1Br. The molecule has 5 nitrogen and oxygen atoms in total. The maximum absolute atomic E-state index is 12.5. The maximum atomic E-state index is 12.5. The van der Waals surface area contributed by atoms with Gasteiger partial charge in [-0.05, 0) is 28.8 Å². The second kappa shape index (κ2) is 8.12. The molecule has 1 aromatic heterocycles. The fraction of sp³-hybridized carbons (Fsp3) is 0.571. The number of hydrogen-bond acceptors (Lipinski definition) is 4. The van der Waals surface area contributed by atoms with Crippen LogP contribution in [0.5, 0.6) is 0 Å². The van der Waals surface area contributed by atoms with Gasteiger partial charge in [-0.2, -0.15) is 0 Å². The summed E-state index contributed by atoms with van der Waals surface area (Å²) in [5, 5.41) is 3.19. The van der Waals surface area contributed by atoms with Crippen molar-refractivity contribution in [3.05, 3.63) is 29.2 Å². The summed E-state index contributed by atoms with van der Waals surface area (Å²) in [6, 6.07) is 1.87. The van der Waals surface area contributed by atoms with Crippen molar-refractivity contribution in [2.45, 2.75) is 44.2 Å². The van der Waals surface area contributed by atoms with Gasteiger partial charge in [-0.3, -0.25) is 0 Å². The van der Waals surface area contributed by atoms with Crippen LogP contribution >= 0.6 is 15.9 Å². The van der Waals surface area contributed by atoms with Gasteiger partial charge < -0.3 is 9.73 Å². The van der Waals surface area contributed by atoms with Gasteiger partial charge in [0.15, 0.2) is 4.67 Å². The Labute approximate surface area is 135 Å². The highest BCUT2D eigenvalue weighted by Crippen LogP contribution is 2.28. The van der Waals surface area contributed by atoms with E-state index in [4.69, 9.17) is 4.42 Å². The maximum Gasteiger partial charge on any atom is 0.247 e. The molecule has 1 rings (SSSR count). The molecule has 21 heavy (non-hydrogen) atoms. The fourth-order valence-corrected chi connectivity index (χ4v) is 3.88. The largest absolute Gasteiger partial charge is 0.452 e. The highest BCUT2D eigenvalue weighted by Gasteiger charge is 2.26. The molecule has 0 saturated heterocycles. The molecule has 0 radical (unpaired) electrons. The van der Waals surface area contributed by atoms with Gasteiger partial charge in [0.1, 0.15) is 10.7 Å². The van der Waals surface area contributed by atoms with Gasteiger partial charge in [0.25, 0.3) is 0 Å². The molecule has 1 heterocycles. The van der Waals surface area contributed by atoms with Crippen molar-refractivity contribution in [1.82, 2.24) is 9.62 Å². The molecule has 120 valence electrons. The minimum atomic E-state index is -3.54.